The Bertz CT molecular complexity index is 533. The minimum Gasteiger partial charge on any atom is -0.411 e. The lowest BCUT2D eigenvalue weighted by Crippen LogP contribution is -2.43. The normalized spacial score (nSPS) is 18.0. The molecule has 0 radical (unpaired) electrons. The number of rotatable bonds is 4. The summed E-state index contributed by atoms with van der Waals surface area (Å²) in [6.07, 6.45) is 2.84. The van der Waals surface area contributed by atoms with Crippen LogP contribution >= 0.6 is 0 Å². The number of hydrogen-bond acceptors (Lipinski definition) is 5. The maximum Gasteiger partial charge on any atom is 0.123 e. The van der Waals surface area contributed by atoms with Crippen molar-refractivity contribution < 1.29 is 9.60 Å². The van der Waals surface area contributed by atoms with E-state index in [4.69, 9.17) is 5.21 Å². The van der Waals surface area contributed by atoms with Crippen molar-refractivity contribution in [3.8, 4) is 0 Å². The van der Waals surface area contributed by atoms with Gasteiger partial charge in [-0.2, -0.15) is 0 Å². The number of hydrogen-bond donors (Lipinski definition) is 1. The second kappa shape index (κ2) is 7.49. The predicted molar refractivity (Wildman–Crippen MR) is 80.8 cm³/mol. The molecule has 1 aromatic rings. The Hall–Kier alpha value is -2.28. The van der Waals surface area contributed by atoms with Gasteiger partial charge >= 0.3 is 0 Å². The van der Waals surface area contributed by atoms with Gasteiger partial charge in [0.05, 0.1) is 6.21 Å². The highest BCUT2D eigenvalue weighted by atomic mass is 19.1. The Morgan fingerprint density at radius 3 is 2.48 bits per heavy atom. The van der Waals surface area contributed by atoms with Crippen LogP contribution in [0.15, 0.2) is 39.6 Å². The molecule has 21 heavy (non-hydrogen) atoms. The number of halogens is 1. The maximum atomic E-state index is 12.9. The third-order valence-electron chi connectivity index (χ3n) is 3.24. The molecule has 1 saturated heterocycles. The molecule has 0 unspecified atom stereocenters. The van der Waals surface area contributed by atoms with Gasteiger partial charge in [-0.1, -0.05) is 5.16 Å². The number of benzene rings is 1. The lowest BCUT2D eigenvalue weighted by Gasteiger charge is -2.30. The van der Waals surface area contributed by atoms with Crippen LogP contribution in [0.5, 0.6) is 0 Å². The Labute approximate surface area is 122 Å². The zero-order chi connectivity index (χ0) is 15.1. The molecule has 112 valence electrons. The molecule has 6 nitrogen and oxygen atoms in total. The molecule has 1 aliphatic heterocycles. The van der Waals surface area contributed by atoms with Gasteiger partial charge in [0.25, 0.3) is 0 Å². The first-order chi connectivity index (χ1) is 10.2. The quantitative estimate of drug-likeness (QED) is 0.393. The smallest absolute Gasteiger partial charge is 0.123 e. The molecule has 1 heterocycles. The van der Waals surface area contributed by atoms with Crippen molar-refractivity contribution in [2.45, 2.75) is 0 Å². The molecule has 0 saturated carbocycles. The van der Waals surface area contributed by atoms with Gasteiger partial charge in [0.1, 0.15) is 17.9 Å². The fourth-order valence-electron chi connectivity index (χ4n) is 1.93. The Kier molecular flexibility index (Phi) is 5.39. The summed E-state index contributed by atoms with van der Waals surface area (Å²) in [5.74, 6) is -0.333. The van der Waals surface area contributed by atoms with Crippen LogP contribution in [0.3, 0.4) is 0 Å². The first-order valence-corrected chi connectivity index (χ1v) is 6.66. The molecule has 0 aliphatic carbocycles. The van der Waals surface area contributed by atoms with E-state index in [1.165, 1.54) is 18.3 Å². The van der Waals surface area contributed by atoms with Crippen LogP contribution in [0.25, 0.3) is 0 Å². The van der Waals surface area contributed by atoms with E-state index in [0.29, 0.717) is 11.3 Å². The van der Waals surface area contributed by atoms with Crippen LogP contribution in [0.1, 0.15) is 5.56 Å². The fraction of sp³-hybridized carbons (Fsp3) is 0.357. The summed E-state index contributed by atoms with van der Waals surface area (Å²) in [7, 11) is 2.08. The molecule has 1 fully saturated rings. The van der Waals surface area contributed by atoms with Crippen LogP contribution in [-0.4, -0.2) is 66.5 Å². The number of nitrogens with zero attached hydrogens (tertiary/aromatic N) is 5. The highest BCUT2D eigenvalue weighted by molar-refractivity contribution is 6.38. The zero-order valence-electron chi connectivity index (χ0n) is 11.9. The predicted octanol–water partition coefficient (Wildman–Crippen LogP) is 1.27. The summed E-state index contributed by atoms with van der Waals surface area (Å²) >= 11 is 0. The second-order valence-electron chi connectivity index (χ2n) is 4.81. The van der Waals surface area contributed by atoms with E-state index in [1.54, 1.807) is 18.5 Å². The van der Waals surface area contributed by atoms with Crippen molar-refractivity contribution in [3.05, 3.63) is 35.6 Å². The van der Waals surface area contributed by atoms with Crippen molar-refractivity contribution in [2.24, 2.45) is 15.4 Å². The summed E-state index contributed by atoms with van der Waals surface area (Å²) in [5.41, 5.74) is 0.993. The SMILES string of the molecule is CN1CCN(C=N/N=C(\C=N\O)c2ccc(F)cc2)CC1. The molecule has 0 aromatic heterocycles. The molecule has 0 bridgehead atoms. The van der Waals surface area contributed by atoms with Crippen molar-refractivity contribution in [2.75, 3.05) is 33.2 Å². The van der Waals surface area contributed by atoms with Gasteiger partial charge in [-0.3, -0.25) is 0 Å². The van der Waals surface area contributed by atoms with Crippen LogP contribution < -0.4 is 0 Å². The van der Waals surface area contributed by atoms with Crippen molar-refractivity contribution >= 4 is 18.3 Å². The second-order valence-corrected chi connectivity index (χ2v) is 4.81. The van der Waals surface area contributed by atoms with E-state index in [9.17, 15) is 4.39 Å². The summed E-state index contributed by atoms with van der Waals surface area (Å²) in [5, 5.41) is 19.7. The van der Waals surface area contributed by atoms with E-state index in [-0.39, 0.29) is 5.82 Å². The molecule has 7 heteroatoms. The van der Waals surface area contributed by atoms with Gasteiger partial charge in [0, 0.05) is 31.7 Å². The van der Waals surface area contributed by atoms with Crippen molar-refractivity contribution in [1.29, 1.82) is 0 Å². The highest BCUT2D eigenvalue weighted by Crippen LogP contribution is 2.04. The zero-order valence-corrected chi connectivity index (χ0v) is 11.9. The molecule has 1 N–H and O–H groups in total. The van der Waals surface area contributed by atoms with Gasteiger partial charge in [-0.25, -0.2) is 4.39 Å². The van der Waals surface area contributed by atoms with Crippen molar-refractivity contribution in [3.63, 3.8) is 0 Å². The minimum atomic E-state index is -0.333. The summed E-state index contributed by atoms with van der Waals surface area (Å²) in [6.45, 7) is 3.77. The lowest BCUT2D eigenvalue weighted by molar-refractivity contribution is 0.219. The van der Waals surface area contributed by atoms with Gasteiger partial charge in [0.15, 0.2) is 0 Å². The first kappa shape index (κ1) is 15.1. The Morgan fingerprint density at radius 2 is 1.86 bits per heavy atom. The highest BCUT2D eigenvalue weighted by Gasteiger charge is 2.10. The van der Waals surface area contributed by atoms with Gasteiger partial charge < -0.3 is 15.0 Å². The number of likely N-dealkylation sites (N-methyl/N-ethyl adjacent to an activating group) is 1. The van der Waals surface area contributed by atoms with Gasteiger partial charge in [-0.15, -0.1) is 10.2 Å². The van der Waals surface area contributed by atoms with Crippen LogP contribution in [-0.2, 0) is 0 Å². The summed E-state index contributed by atoms with van der Waals surface area (Å²) in [6, 6.07) is 5.75. The monoisotopic (exact) mass is 291 g/mol. The fourth-order valence-corrected chi connectivity index (χ4v) is 1.93. The van der Waals surface area contributed by atoms with Gasteiger partial charge in [0.2, 0.25) is 0 Å². The summed E-state index contributed by atoms with van der Waals surface area (Å²) in [4.78, 5) is 4.32. The number of oxime groups is 1. The number of piperazine rings is 1. The molecule has 0 amide bonds. The molecule has 0 atom stereocenters. The summed E-state index contributed by atoms with van der Waals surface area (Å²) < 4.78 is 12.9. The van der Waals surface area contributed by atoms with E-state index >= 15 is 0 Å². The topological polar surface area (TPSA) is 63.8 Å². The average molecular weight is 291 g/mol. The maximum absolute atomic E-state index is 12.9. The van der Waals surface area contributed by atoms with Crippen LogP contribution in [0, 0.1) is 5.82 Å². The third-order valence-corrected chi connectivity index (χ3v) is 3.24. The standard InChI is InChI=1S/C14H18FN5O/c1-19-6-8-20(9-7-19)11-16-18-14(10-17-21)12-2-4-13(15)5-3-12/h2-5,10-11,21H,6-9H2,1H3/b16-11?,17-10+,18-14+. The average Bonchev–Trinajstić information content (AvgIpc) is 2.49. The molecular formula is C14H18FN5O. The molecule has 1 aromatic carbocycles. The van der Waals surface area contributed by atoms with Gasteiger partial charge in [-0.05, 0) is 31.3 Å². The largest absolute Gasteiger partial charge is 0.411 e. The third kappa shape index (κ3) is 4.64. The molecular weight excluding hydrogens is 273 g/mol. The lowest BCUT2D eigenvalue weighted by atomic mass is 10.1. The van der Waals surface area contributed by atoms with E-state index in [1.807, 2.05) is 0 Å². The van der Waals surface area contributed by atoms with E-state index in [0.717, 1.165) is 26.2 Å². The Morgan fingerprint density at radius 1 is 1.19 bits per heavy atom. The first-order valence-electron chi connectivity index (χ1n) is 6.66. The Balaban J connectivity index is 2.05. The molecule has 1 aliphatic rings. The minimum absolute atomic E-state index is 0.333. The molecule has 2 rings (SSSR count). The van der Waals surface area contributed by atoms with Crippen LogP contribution in [0.4, 0.5) is 4.39 Å². The molecule has 0 spiro atoms. The van der Waals surface area contributed by atoms with E-state index < -0.39 is 0 Å². The van der Waals surface area contributed by atoms with Crippen LogP contribution in [0.2, 0.25) is 0 Å². The van der Waals surface area contributed by atoms with Crippen molar-refractivity contribution in [1.82, 2.24) is 9.80 Å². The van der Waals surface area contributed by atoms with E-state index in [2.05, 4.69) is 32.2 Å².